The van der Waals surface area contributed by atoms with E-state index in [4.69, 9.17) is 0 Å². The summed E-state index contributed by atoms with van der Waals surface area (Å²) >= 11 is 0. The maximum absolute atomic E-state index is 4.31. The van der Waals surface area contributed by atoms with E-state index in [1.54, 1.807) is 0 Å². The predicted octanol–water partition coefficient (Wildman–Crippen LogP) is 1.88. The van der Waals surface area contributed by atoms with Gasteiger partial charge < -0.3 is 4.57 Å². The number of aromatic nitrogens is 3. The first-order chi connectivity index (χ1) is 6.45. The highest BCUT2D eigenvalue weighted by Gasteiger charge is 2.30. The van der Waals surface area contributed by atoms with Crippen LogP contribution >= 0.6 is 0 Å². The molecule has 0 amide bonds. The fourth-order valence-electron chi connectivity index (χ4n) is 2.15. The summed E-state index contributed by atoms with van der Waals surface area (Å²) in [6, 6.07) is 0. The van der Waals surface area contributed by atoms with E-state index in [0.717, 1.165) is 18.9 Å². The van der Waals surface area contributed by atoms with Crippen molar-refractivity contribution in [2.45, 2.75) is 51.0 Å². The van der Waals surface area contributed by atoms with Crippen molar-refractivity contribution in [3.05, 3.63) is 11.6 Å². The summed E-state index contributed by atoms with van der Waals surface area (Å²) in [6.45, 7) is 1.16. The molecule has 0 bridgehead atoms. The number of hydrogen-bond acceptors (Lipinski definition) is 2. The molecule has 1 aromatic heterocycles. The van der Waals surface area contributed by atoms with Crippen LogP contribution in [0.5, 0.6) is 0 Å². The van der Waals surface area contributed by atoms with Crippen LogP contribution < -0.4 is 0 Å². The van der Waals surface area contributed by atoms with Gasteiger partial charge in [-0.05, 0) is 25.7 Å². The molecular weight excluding hydrogens is 162 g/mol. The second kappa shape index (κ2) is 2.82. The van der Waals surface area contributed by atoms with Gasteiger partial charge in [0.2, 0.25) is 0 Å². The van der Waals surface area contributed by atoms with Crippen molar-refractivity contribution in [3.8, 4) is 0 Å². The lowest BCUT2D eigenvalue weighted by Crippen LogP contribution is -2.04. The molecular formula is C10H15N3. The molecule has 3 nitrogen and oxygen atoms in total. The third kappa shape index (κ3) is 1.26. The first-order valence-electron chi connectivity index (χ1n) is 5.37. The predicted molar refractivity (Wildman–Crippen MR) is 49.6 cm³/mol. The van der Waals surface area contributed by atoms with Crippen LogP contribution in [0.2, 0.25) is 0 Å². The molecule has 0 unspecified atom stereocenters. The number of hydrogen-bond donors (Lipinski definition) is 0. The molecule has 1 aliphatic heterocycles. The second-order valence-electron chi connectivity index (χ2n) is 4.21. The Morgan fingerprint density at radius 1 is 1.08 bits per heavy atom. The topological polar surface area (TPSA) is 30.7 Å². The molecule has 70 valence electrons. The second-order valence-corrected chi connectivity index (χ2v) is 4.21. The van der Waals surface area contributed by atoms with Crippen molar-refractivity contribution < 1.29 is 0 Å². The summed E-state index contributed by atoms with van der Waals surface area (Å²) in [5, 5.41) is 8.61. The van der Waals surface area contributed by atoms with Crippen molar-refractivity contribution in [2.24, 2.45) is 0 Å². The summed E-state index contributed by atoms with van der Waals surface area (Å²) in [5.74, 6) is 3.26. The highest BCUT2D eigenvalue weighted by atomic mass is 15.3. The average molecular weight is 177 g/mol. The van der Waals surface area contributed by atoms with Crippen molar-refractivity contribution in [1.82, 2.24) is 14.8 Å². The molecule has 0 spiro atoms. The number of nitrogens with zero attached hydrogens (tertiary/aromatic N) is 3. The molecule has 0 aromatic carbocycles. The maximum atomic E-state index is 4.31. The molecule has 1 fully saturated rings. The smallest absolute Gasteiger partial charge is 0.136 e. The van der Waals surface area contributed by atoms with Crippen LogP contribution in [0.15, 0.2) is 0 Å². The van der Waals surface area contributed by atoms with E-state index in [-0.39, 0.29) is 0 Å². The summed E-state index contributed by atoms with van der Waals surface area (Å²) in [5.41, 5.74) is 0. The zero-order chi connectivity index (χ0) is 8.67. The van der Waals surface area contributed by atoms with Gasteiger partial charge in [0.05, 0.1) is 0 Å². The van der Waals surface area contributed by atoms with E-state index in [2.05, 4.69) is 14.8 Å². The summed E-state index contributed by atoms with van der Waals surface area (Å²) in [7, 11) is 0. The Bertz CT molecular complexity index is 312. The molecule has 0 saturated heterocycles. The molecule has 3 heteroatoms. The monoisotopic (exact) mass is 177 g/mol. The van der Waals surface area contributed by atoms with Gasteiger partial charge in [-0.1, -0.05) is 6.42 Å². The Labute approximate surface area is 78.2 Å². The van der Waals surface area contributed by atoms with Crippen molar-refractivity contribution in [1.29, 1.82) is 0 Å². The van der Waals surface area contributed by atoms with Gasteiger partial charge in [-0.3, -0.25) is 0 Å². The molecule has 1 aliphatic carbocycles. The largest absolute Gasteiger partial charge is 0.315 e. The van der Waals surface area contributed by atoms with Crippen molar-refractivity contribution >= 4 is 0 Å². The number of rotatable bonds is 1. The standard InChI is InChI=1S/C10H15N3/c1-2-4-9-11-12-10(8-5-6-8)13(9)7-3-1/h8H,1-7H2. The lowest BCUT2D eigenvalue weighted by atomic mass is 10.2. The van der Waals surface area contributed by atoms with Gasteiger partial charge in [-0.2, -0.15) is 0 Å². The lowest BCUT2D eigenvalue weighted by Gasteiger charge is -2.04. The summed E-state index contributed by atoms with van der Waals surface area (Å²) < 4.78 is 2.38. The molecule has 0 N–H and O–H groups in total. The zero-order valence-electron chi connectivity index (χ0n) is 7.87. The van der Waals surface area contributed by atoms with Crippen LogP contribution in [0.25, 0.3) is 0 Å². The number of aryl methyl sites for hydroxylation is 1. The average Bonchev–Trinajstić information content (AvgIpc) is 2.94. The minimum absolute atomic E-state index is 0.749. The maximum Gasteiger partial charge on any atom is 0.136 e. The van der Waals surface area contributed by atoms with Crippen molar-refractivity contribution in [3.63, 3.8) is 0 Å². The normalized spacial score (nSPS) is 22.5. The van der Waals surface area contributed by atoms with Gasteiger partial charge in [0.1, 0.15) is 11.6 Å². The van der Waals surface area contributed by atoms with Crippen LogP contribution in [0.3, 0.4) is 0 Å². The fraction of sp³-hybridized carbons (Fsp3) is 0.800. The Morgan fingerprint density at radius 2 is 2.00 bits per heavy atom. The van der Waals surface area contributed by atoms with E-state index in [1.165, 1.54) is 43.8 Å². The quantitative estimate of drug-likeness (QED) is 0.655. The van der Waals surface area contributed by atoms with E-state index in [9.17, 15) is 0 Å². The molecule has 1 saturated carbocycles. The summed E-state index contributed by atoms with van der Waals surface area (Å²) in [6.07, 6.45) is 7.76. The molecule has 2 heterocycles. The molecule has 13 heavy (non-hydrogen) atoms. The van der Waals surface area contributed by atoms with E-state index < -0.39 is 0 Å². The zero-order valence-corrected chi connectivity index (χ0v) is 7.87. The highest BCUT2D eigenvalue weighted by Crippen LogP contribution is 2.39. The Hall–Kier alpha value is -0.860. The summed E-state index contributed by atoms with van der Waals surface area (Å²) in [4.78, 5) is 0. The van der Waals surface area contributed by atoms with Gasteiger partial charge in [0.15, 0.2) is 0 Å². The SMILES string of the molecule is C1CCc2nnc(C3CC3)n2CC1. The Kier molecular flexibility index (Phi) is 1.64. The van der Waals surface area contributed by atoms with Gasteiger partial charge in [-0.25, -0.2) is 0 Å². The highest BCUT2D eigenvalue weighted by molar-refractivity contribution is 5.09. The van der Waals surface area contributed by atoms with Crippen LogP contribution in [-0.4, -0.2) is 14.8 Å². The Balaban J connectivity index is 1.98. The molecule has 0 atom stereocenters. The Morgan fingerprint density at radius 3 is 2.85 bits per heavy atom. The molecule has 2 aliphatic rings. The lowest BCUT2D eigenvalue weighted by molar-refractivity contribution is 0.606. The van der Waals surface area contributed by atoms with Gasteiger partial charge >= 0.3 is 0 Å². The third-order valence-electron chi connectivity index (χ3n) is 3.08. The minimum atomic E-state index is 0.749. The van der Waals surface area contributed by atoms with E-state index in [0.29, 0.717) is 0 Å². The van der Waals surface area contributed by atoms with E-state index in [1.807, 2.05) is 0 Å². The van der Waals surface area contributed by atoms with Crippen LogP contribution in [-0.2, 0) is 13.0 Å². The molecule has 3 rings (SSSR count). The fourth-order valence-corrected chi connectivity index (χ4v) is 2.15. The van der Waals surface area contributed by atoms with Crippen molar-refractivity contribution in [2.75, 3.05) is 0 Å². The van der Waals surface area contributed by atoms with Crippen LogP contribution in [0.1, 0.15) is 49.7 Å². The first-order valence-corrected chi connectivity index (χ1v) is 5.37. The third-order valence-corrected chi connectivity index (χ3v) is 3.08. The molecule has 0 radical (unpaired) electrons. The van der Waals surface area contributed by atoms with Gasteiger partial charge in [0, 0.05) is 18.9 Å². The first kappa shape index (κ1) is 7.54. The van der Waals surface area contributed by atoms with Crippen LogP contribution in [0, 0.1) is 0 Å². The minimum Gasteiger partial charge on any atom is -0.315 e. The number of fused-ring (bicyclic) bond motifs is 1. The van der Waals surface area contributed by atoms with Gasteiger partial charge in [-0.15, -0.1) is 10.2 Å². The molecule has 1 aromatic rings. The van der Waals surface area contributed by atoms with E-state index >= 15 is 0 Å². The van der Waals surface area contributed by atoms with Crippen LogP contribution in [0.4, 0.5) is 0 Å². The van der Waals surface area contributed by atoms with Gasteiger partial charge in [0.25, 0.3) is 0 Å².